The number of hydrogen-bond donors (Lipinski definition) is 4. The SMILES string of the molecule is CCCCNc1ncc(C(=O)Nc2ccc(C(F)(F)F)cc2)c(NCC2CCC(O)CC2)n1. The third kappa shape index (κ3) is 7.31. The van der Waals surface area contributed by atoms with E-state index in [1.165, 1.54) is 18.3 Å². The number of unbranched alkanes of at least 4 members (excludes halogenated alkanes) is 1. The van der Waals surface area contributed by atoms with Gasteiger partial charge in [0, 0.05) is 25.0 Å². The zero-order valence-corrected chi connectivity index (χ0v) is 18.6. The molecule has 0 aliphatic heterocycles. The fraction of sp³-hybridized carbons (Fsp3) is 0.522. The first kappa shape index (κ1) is 24.8. The Balaban J connectivity index is 1.73. The van der Waals surface area contributed by atoms with Crippen molar-refractivity contribution in [2.45, 2.75) is 57.7 Å². The zero-order chi connectivity index (χ0) is 23.8. The molecule has 1 fully saturated rings. The van der Waals surface area contributed by atoms with Crippen LogP contribution in [0.2, 0.25) is 0 Å². The molecule has 33 heavy (non-hydrogen) atoms. The Bertz CT molecular complexity index is 913. The summed E-state index contributed by atoms with van der Waals surface area (Å²) in [7, 11) is 0. The Labute approximate surface area is 191 Å². The van der Waals surface area contributed by atoms with Gasteiger partial charge in [0.1, 0.15) is 11.4 Å². The van der Waals surface area contributed by atoms with Crippen molar-refractivity contribution in [3.63, 3.8) is 0 Å². The van der Waals surface area contributed by atoms with Gasteiger partial charge in [-0.1, -0.05) is 13.3 Å². The van der Waals surface area contributed by atoms with E-state index >= 15 is 0 Å². The van der Waals surface area contributed by atoms with Crippen molar-refractivity contribution in [3.05, 3.63) is 41.6 Å². The molecule has 180 valence electrons. The largest absolute Gasteiger partial charge is 0.416 e. The van der Waals surface area contributed by atoms with Crippen LogP contribution in [0.25, 0.3) is 0 Å². The number of nitrogens with one attached hydrogen (secondary N) is 3. The van der Waals surface area contributed by atoms with Gasteiger partial charge in [0.15, 0.2) is 0 Å². The highest BCUT2D eigenvalue weighted by Crippen LogP contribution is 2.30. The second-order valence-corrected chi connectivity index (χ2v) is 8.32. The highest BCUT2D eigenvalue weighted by atomic mass is 19.4. The van der Waals surface area contributed by atoms with Crippen LogP contribution in [0.1, 0.15) is 61.4 Å². The average Bonchev–Trinajstić information content (AvgIpc) is 2.79. The van der Waals surface area contributed by atoms with Crippen molar-refractivity contribution < 1.29 is 23.1 Å². The molecule has 4 N–H and O–H groups in total. The maximum atomic E-state index is 12.9. The molecule has 0 atom stereocenters. The van der Waals surface area contributed by atoms with Crippen LogP contribution in [0.5, 0.6) is 0 Å². The van der Waals surface area contributed by atoms with Crippen LogP contribution in [-0.2, 0) is 6.18 Å². The summed E-state index contributed by atoms with van der Waals surface area (Å²) in [5.74, 6) is 0.595. The van der Waals surface area contributed by atoms with Gasteiger partial charge in [0.2, 0.25) is 5.95 Å². The van der Waals surface area contributed by atoms with Gasteiger partial charge in [0.05, 0.1) is 11.7 Å². The number of halogens is 3. The Morgan fingerprint density at radius 1 is 1.12 bits per heavy atom. The molecule has 0 bridgehead atoms. The third-order valence-corrected chi connectivity index (χ3v) is 5.69. The fourth-order valence-corrected chi connectivity index (χ4v) is 3.68. The van der Waals surface area contributed by atoms with Gasteiger partial charge in [-0.25, -0.2) is 4.98 Å². The molecule has 0 spiro atoms. The number of nitrogens with zero attached hydrogens (tertiary/aromatic N) is 2. The summed E-state index contributed by atoms with van der Waals surface area (Å²) in [6, 6.07) is 4.26. The number of aliphatic hydroxyl groups excluding tert-OH is 1. The lowest BCUT2D eigenvalue weighted by molar-refractivity contribution is -0.137. The van der Waals surface area contributed by atoms with E-state index in [4.69, 9.17) is 0 Å². The summed E-state index contributed by atoms with van der Waals surface area (Å²) >= 11 is 0. The van der Waals surface area contributed by atoms with Gasteiger partial charge in [-0.3, -0.25) is 4.79 Å². The molecule has 7 nitrogen and oxygen atoms in total. The van der Waals surface area contributed by atoms with Crippen LogP contribution in [0.15, 0.2) is 30.5 Å². The lowest BCUT2D eigenvalue weighted by atomic mass is 9.87. The highest BCUT2D eigenvalue weighted by Gasteiger charge is 2.30. The van der Waals surface area contributed by atoms with E-state index in [-0.39, 0.29) is 17.4 Å². The van der Waals surface area contributed by atoms with E-state index in [9.17, 15) is 23.1 Å². The molecule has 1 aliphatic rings. The molecule has 0 saturated heterocycles. The lowest BCUT2D eigenvalue weighted by Gasteiger charge is -2.26. The first-order valence-electron chi connectivity index (χ1n) is 11.3. The van der Waals surface area contributed by atoms with Gasteiger partial charge in [-0.15, -0.1) is 0 Å². The van der Waals surface area contributed by atoms with Crippen LogP contribution >= 0.6 is 0 Å². The van der Waals surface area contributed by atoms with Crippen LogP contribution < -0.4 is 16.0 Å². The minimum Gasteiger partial charge on any atom is -0.393 e. The van der Waals surface area contributed by atoms with Crippen LogP contribution in [0.3, 0.4) is 0 Å². The predicted molar refractivity (Wildman–Crippen MR) is 121 cm³/mol. The summed E-state index contributed by atoms with van der Waals surface area (Å²) in [5, 5.41) is 18.7. The summed E-state index contributed by atoms with van der Waals surface area (Å²) in [4.78, 5) is 21.6. The molecule has 1 aliphatic carbocycles. The normalized spacial score (nSPS) is 18.6. The van der Waals surface area contributed by atoms with Crippen molar-refractivity contribution in [1.82, 2.24) is 9.97 Å². The summed E-state index contributed by atoms with van der Waals surface area (Å²) in [6.07, 6.45) is 1.95. The van der Waals surface area contributed by atoms with Gasteiger partial charge >= 0.3 is 6.18 Å². The Morgan fingerprint density at radius 3 is 2.45 bits per heavy atom. The fourth-order valence-electron chi connectivity index (χ4n) is 3.68. The number of rotatable bonds is 9. The Hall–Kier alpha value is -2.88. The number of benzene rings is 1. The van der Waals surface area contributed by atoms with E-state index in [1.807, 2.05) is 0 Å². The standard InChI is InChI=1S/C23H30F3N5O2/c1-2-3-12-27-22-29-14-19(20(31-22)28-13-15-4-10-18(32)11-5-15)21(33)30-17-8-6-16(7-9-17)23(24,25)26/h6-9,14-15,18,32H,2-5,10-13H2,1H3,(H,30,33)(H2,27,28,29,31). The zero-order valence-electron chi connectivity index (χ0n) is 18.6. The maximum Gasteiger partial charge on any atom is 0.416 e. The van der Waals surface area contributed by atoms with Crippen molar-refractivity contribution >= 4 is 23.4 Å². The smallest absolute Gasteiger partial charge is 0.393 e. The second-order valence-electron chi connectivity index (χ2n) is 8.32. The van der Waals surface area contributed by atoms with E-state index in [2.05, 4.69) is 32.8 Å². The number of aromatic nitrogens is 2. The quantitative estimate of drug-likeness (QED) is 0.392. The first-order valence-corrected chi connectivity index (χ1v) is 11.3. The minimum atomic E-state index is -4.44. The molecule has 1 saturated carbocycles. The molecular formula is C23H30F3N5O2. The maximum absolute atomic E-state index is 12.9. The van der Waals surface area contributed by atoms with Gasteiger partial charge < -0.3 is 21.1 Å². The Morgan fingerprint density at radius 2 is 1.82 bits per heavy atom. The third-order valence-electron chi connectivity index (χ3n) is 5.69. The number of alkyl halides is 3. The number of carbonyl (C=O) groups excluding carboxylic acids is 1. The van der Waals surface area contributed by atoms with E-state index in [1.54, 1.807) is 0 Å². The molecular weight excluding hydrogens is 435 g/mol. The monoisotopic (exact) mass is 465 g/mol. The molecule has 1 aromatic heterocycles. The molecule has 10 heteroatoms. The first-order chi connectivity index (χ1) is 15.8. The molecule has 1 amide bonds. The number of carbonyl (C=O) groups is 1. The van der Waals surface area contributed by atoms with E-state index < -0.39 is 17.6 Å². The molecule has 2 aromatic rings. The average molecular weight is 466 g/mol. The van der Waals surface area contributed by atoms with Gasteiger partial charge in [-0.05, 0) is 62.3 Å². The molecule has 1 heterocycles. The van der Waals surface area contributed by atoms with Crippen molar-refractivity contribution in [2.75, 3.05) is 29.0 Å². The van der Waals surface area contributed by atoms with E-state index in [0.29, 0.717) is 30.8 Å². The summed E-state index contributed by atoms with van der Waals surface area (Å²) in [6.45, 7) is 3.37. The summed E-state index contributed by atoms with van der Waals surface area (Å²) < 4.78 is 38.3. The molecule has 0 unspecified atom stereocenters. The van der Waals surface area contributed by atoms with Crippen LogP contribution in [0.4, 0.5) is 30.6 Å². The van der Waals surface area contributed by atoms with E-state index in [0.717, 1.165) is 50.7 Å². The molecule has 1 aromatic carbocycles. The lowest BCUT2D eigenvalue weighted by Crippen LogP contribution is -2.25. The van der Waals surface area contributed by atoms with Crippen LogP contribution in [-0.4, -0.2) is 40.2 Å². The summed E-state index contributed by atoms with van der Waals surface area (Å²) in [5.41, 5.74) is -0.344. The van der Waals surface area contributed by atoms with Gasteiger partial charge in [0.25, 0.3) is 5.91 Å². The van der Waals surface area contributed by atoms with Gasteiger partial charge in [-0.2, -0.15) is 18.2 Å². The van der Waals surface area contributed by atoms with Crippen molar-refractivity contribution in [1.29, 1.82) is 0 Å². The number of amides is 1. The van der Waals surface area contributed by atoms with Crippen molar-refractivity contribution in [2.24, 2.45) is 5.92 Å². The molecule has 3 rings (SSSR count). The van der Waals surface area contributed by atoms with Crippen molar-refractivity contribution in [3.8, 4) is 0 Å². The molecule has 0 radical (unpaired) electrons. The number of anilines is 3. The Kier molecular flexibility index (Phi) is 8.49. The number of aliphatic hydroxyl groups is 1. The minimum absolute atomic E-state index is 0.201. The predicted octanol–water partition coefficient (Wildman–Crippen LogP) is 4.92. The topological polar surface area (TPSA) is 99.2 Å². The second kappa shape index (κ2) is 11.3. The highest BCUT2D eigenvalue weighted by molar-refractivity contribution is 6.07. The number of hydrogen-bond acceptors (Lipinski definition) is 6. The van der Waals surface area contributed by atoms with Crippen LogP contribution in [0, 0.1) is 5.92 Å².